The van der Waals surface area contributed by atoms with Gasteiger partial charge in [-0.25, -0.2) is 9.79 Å². The Morgan fingerprint density at radius 1 is 1.43 bits per heavy atom. The summed E-state index contributed by atoms with van der Waals surface area (Å²) in [6.07, 6.45) is 1.85. The van der Waals surface area contributed by atoms with Gasteiger partial charge in [0.1, 0.15) is 0 Å². The summed E-state index contributed by atoms with van der Waals surface area (Å²) in [6, 6.07) is 7.10. The molecular weight excluding hydrogens is 284 g/mol. The second-order valence-corrected chi connectivity index (χ2v) is 5.27. The third kappa shape index (κ3) is 3.70. The normalized spacial score (nSPS) is 11.4. The molecule has 110 valence electrons. The summed E-state index contributed by atoms with van der Waals surface area (Å²) < 4.78 is 7.05. The van der Waals surface area contributed by atoms with Crippen LogP contribution in [0.15, 0.2) is 47.3 Å². The lowest BCUT2D eigenvalue weighted by molar-refractivity contribution is 0.0526. The molecule has 0 aliphatic carbocycles. The van der Waals surface area contributed by atoms with Crippen molar-refractivity contribution in [2.75, 3.05) is 6.61 Å². The van der Waals surface area contributed by atoms with Crippen molar-refractivity contribution in [3.8, 4) is 0 Å². The Bertz CT molecular complexity index is 696. The molecule has 0 bridgehead atoms. The quantitative estimate of drug-likeness (QED) is 0.627. The summed E-state index contributed by atoms with van der Waals surface area (Å²) in [7, 11) is 0. The first-order valence-corrected chi connectivity index (χ1v) is 7.61. The van der Waals surface area contributed by atoms with Gasteiger partial charge in [-0.05, 0) is 38.1 Å². The summed E-state index contributed by atoms with van der Waals surface area (Å²) in [5.74, 6) is -0.308. The van der Waals surface area contributed by atoms with E-state index in [-0.39, 0.29) is 5.97 Å². The number of aryl methyl sites for hydroxylation is 1. The fourth-order valence-corrected chi connectivity index (χ4v) is 2.76. The molecule has 2 aromatic rings. The smallest absolute Gasteiger partial charge is 0.338 e. The van der Waals surface area contributed by atoms with E-state index in [1.807, 2.05) is 25.1 Å². The molecule has 0 amide bonds. The summed E-state index contributed by atoms with van der Waals surface area (Å²) in [5, 5.41) is 2.06. The highest BCUT2D eigenvalue weighted by Crippen LogP contribution is 2.14. The van der Waals surface area contributed by atoms with Crippen molar-refractivity contribution in [2.24, 2.45) is 4.99 Å². The molecule has 0 aliphatic heterocycles. The van der Waals surface area contributed by atoms with Gasteiger partial charge in [0.25, 0.3) is 0 Å². The Morgan fingerprint density at radius 2 is 2.14 bits per heavy atom. The van der Waals surface area contributed by atoms with Gasteiger partial charge in [-0.3, -0.25) is 0 Å². The molecule has 4 nitrogen and oxygen atoms in total. The molecule has 1 aromatic heterocycles. The number of carbonyl (C=O) groups is 1. The molecule has 1 aromatic carbocycles. The minimum absolute atomic E-state index is 0.308. The topological polar surface area (TPSA) is 43.6 Å². The molecule has 0 atom stereocenters. The van der Waals surface area contributed by atoms with Crippen molar-refractivity contribution in [3.63, 3.8) is 0 Å². The van der Waals surface area contributed by atoms with Gasteiger partial charge in [0, 0.05) is 17.6 Å². The van der Waals surface area contributed by atoms with Gasteiger partial charge >= 0.3 is 5.97 Å². The second kappa shape index (κ2) is 7.04. The van der Waals surface area contributed by atoms with Gasteiger partial charge in [0.2, 0.25) is 0 Å². The average Bonchev–Trinajstić information content (AvgIpc) is 2.82. The number of rotatable bonds is 5. The maximum absolute atomic E-state index is 11.6. The lowest BCUT2D eigenvalue weighted by Gasteiger charge is -2.02. The standard InChI is InChI=1S/C16H18N2O2S/c1-4-10-18-12(3)11-21-16(18)17-14-8-6-13(7-9-14)15(19)20-5-2/h4,6-9,11H,1,5,10H2,2-3H3. The van der Waals surface area contributed by atoms with Crippen LogP contribution in [-0.2, 0) is 11.3 Å². The van der Waals surface area contributed by atoms with Crippen molar-refractivity contribution in [3.05, 3.63) is 58.4 Å². The molecular formula is C16H18N2O2S. The first kappa shape index (κ1) is 15.3. The molecule has 0 aliphatic rings. The van der Waals surface area contributed by atoms with E-state index >= 15 is 0 Å². The maximum Gasteiger partial charge on any atom is 0.338 e. The van der Waals surface area contributed by atoms with Crippen LogP contribution in [-0.4, -0.2) is 17.1 Å². The first-order chi connectivity index (χ1) is 10.2. The van der Waals surface area contributed by atoms with Crippen LogP contribution < -0.4 is 4.80 Å². The summed E-state index contributed by atoms with van der Waals surface area (Å²) >= 11 is 1.59. The molecule has 5 heteroatoms. The molecule has 0 N–H and O–H groups in total. The Hall–Kier alpha value is -2.14. The van der Waals surface area contributed by atoms with E-state index in [1.165, 1.54) is 0 Å². The number of ether oxygens (including phenoxy) is 1. The van der Waals surface area contributed by atoms with Crippen molar-refractivity contribution >= 4 is 23.0 Å². The molecule has 0 fully saturated rings. The lowest BCUT2D eigenvalue weighted by atomic mass is 10.2. The third-order valence-electron chi connectivity index (χ3n) is 2.91. The van der Waals surface area contributed by atoms with Crippen molar-refractivity contribution in [2.45, 2.75) is 20.4 Å². The van der Waals surface area contributed by atoms with E-state index in [4.69, 9.17) is 4.74 Å². The second-order valence-electron chi connectivity index (χ2n) is 4.44. The number of thiazole rings is 1. The third-order valence-corrected chi connectivity index (χ3v) is 3.89. The monoisotopic (exact) mass is 302 g/mol. The Balaban J connectivity index is 2.29. The van der Waals surface area contributed by atoms with Crippen LogP contribution >= 0.6 is 11.3 Å². The minimum Gasteiger partial charge on any atom is -0.462 e. The van der Waals surface area contributed by atoms with Gasteiger partial charge in [0.15, 0.2) is 4.80 Å². The molecule has 0 saturated heterocycles. The Labute approximate surface area is 128 Å². The van der Waals surface area contributed by atoms with Gasteiger partial charge < -0.3 is 9.30 Å². The van der Waals surface area contributed by atoms with Crippen LogP contribution in [0.25, 0.3) is 0 Å². The predicted molar refractivity (Wildman–Crippen MR) is 84.9 cm³/mol. The zero-order valence-electron chi connectivity index (χ0n) is 12.2. The van der Waals surface area contributed by atoms with Crippen LogP contribution in [0.3, 0.4) is 0 Å². The fraction of sp³-hybridized carbons (Fsp3) is 0.250. The van der Waals surface area contributed by atoms with Gasteiger partial charge in [-0.2, -0.15) is 0 Å². The SMILES string of the molecule is C=CCn1c(C)csc1=Nc1ccc(C(=O)OCC)cc1. The molecule has 0 spiro atoms. The van der Waals surface area contributed by atoms with Crippen LogP contribution in [0, 0.1) is 6.92 Å². The van der Waals surface area contributed by atoms with Crippen LogP contribution in [0.5, 0.6) is 0 Å². The number of hydrogen-bond acceptors (Lipinski definition) is 4. The van der Waals surface area contributed by atoms with E-state index < -0.39 is 0 Å². The Morgan fingerprint density at radius 3 is 2.76 bits per heavy atom. The fourth-order valence-electron chi connectivity index (χ4n) is 1.85. The molecule has 2 rings (SSSR count). The molecule has 0 radical (unpaired) electrons. The van der Waals surface area contributed by atoms with E-state index in [9.17, 15) is 4.79 Å². The van der Waals surface area contributed by atoms with E-state index in [2.05, 4.69) is 21.5 Å². The first-order valence-electron chi connectivity index (χ1n) is 6.73. The molecule has 1 heterocycles. The number of hydrogen-bond donors (Lipinski definition) is 0. The summed E-state index contributed by atoms with van der Waals surface area (Å²) in [5.41, 5.74) is 2.50. The van der Waals surface area contributed by atoms with Gasteiger partial charge in [-0.15, -0.1) is 17.9 Å². The number of carbonyl (C=O) groups excluding carboxylic acids is 1. The van der Waals surface area contributed by atoms with E-state index in [0.717, 1.165) is 22.7 Å². The van der Waals surface area contributed by atoms with Crippen molar-refractivity contribution in [1.29, 1.82) is 0 Å². The zero-order valence-corrected chi connectivity index (χ0v) is 13.0. The van der Waals surface area contributed by atoms with Gasteiger partial charge in [0.05, 0.1) is 17.9 Å². The highest BCUT2D eigenvalue weighted by Gasteiger charge is 2.05. The molecule has 0 saturated carbocycles. The van der Waals surface area contributed by atoms with Crippen molar-refractivity contribution in [1.82, 2.24) is 4.57 Å². The number of nitrogens with zero attached hydrogens (tertiary/aromatic N) is 2. The summed E-state index contributed by atoms with van der Waals surface area (Å²) in [6.45, 7) is 8.71. The number of esters is 1. The highest BCUT2D eigenvalue weighted by atomic mass is 32.1. The Kier molecular flexibility index (Phi) is 5.11. The maximum atomic E-state index is 11.6. The van der Waals surface area contributed by atoms with Crippen molar-refractivity contribution < 1.29 is 9.53 Å². The number of benzene rings is 1. The average molecular weight is 302 g/mol. The number of allylic oxidation sites excluding steroid dienone is 1. The highest BCUT2D eigenvalue weighted by molar-refractivity contribution is 7.07. The summed E-state index contributed by atoms with van der Waals surface area (Å²) in [4.78, 5) is 17.1. The molecule has 21 heavy (non-hydrogen) atoms. The zero-order chi connectivity index (χ0) is 15.2. The van der Waals surface area contributed by atoms with Crippen LogP contribution in [0.1, 0.15) is 23.0 Å². The largest absolute Gasteiger partial charge is 0.462 e. The van der Waals surface area contributed by atoms with Crippen LogP contribution in [0.2, 0.25) is 0 Å². The lowest BCUT2D eigenvalue weighted by Crippen LogP contribution is -2.14. The minimum atomic E-state index is -0.308. The van der Waals surface area contributed by atoms with E-state index in [0.29, 0.717) is 12.2 Å². The number of aromatic nitrogens is 1. The van der Waals surface area contributed by atoms with Crippen LogP contribution in [0.4, 0.5) is 5.69 Å². The molecule has 0 unspecified atom stereocenters. The van der Waals surface area contributed by atoms with E-state index in [1.54, 1.807) is 30.4 Å². The predicted octanol–water partition coefficient (Wildman–Crippen LogP) is 3.45. The van der Waals surface area contributed by atoms with Gasteiger partial charge in [-0.1, -0.05) is 6.08 Å².